The van der Waals surface area contributed by atoms with Gasteiger partial charge < -0.3 is 20.9 Å². The van der Waals surface area contributed by atoms with E-state index in [2.05, 4.69) is 35.7 Å². The Morgan fingerprint density at radius 2 is 1.88 bits per heavy atom. The van der Waals surface area contributed by atoms with Gasteiger partial charge in [0.05, 0.1) is 17.9 Å². The van der Waals surface area contributed by atoms with Gasteiger partial charge in [0, 0.05) is 57.4 Å². The topological polar surface area (TPSA) is 102 Å². The van der Waals surface area contributed by atoms with Crippen molar-refractivity contribution < 1.29 is 9.59 Å². The van der Waals surface area contributed by atoms with Crippen LogP contribution in [0.4, 0.5) is 17.2 Å². The van der Waals surface area contributed by atoms with Gasteiger partial charge in [-0.1, -0.05) is 12.1 Å². The second-order valence-electron chi connectivity index (χ2n) is 7.63. The average Bonchev–Trinajstić information content (AvgIpc) is 3.36. The molecule has 33 heavy (non-hydrogen) atoms. The summed E-state index contributed by atoms with van der Waals surface area (Å²) in [5.74, 6) is 0.525. The largest absolute Gasteiger partial charge is 0.373 e. The number of carbonyl (C=O) groups excluding carboxylic acids is 2. The zero-order valence-electron chi connectivity index (χ0n) is 18.7. The van der Waals surface area contributed by atoms with Crippen molar-refractivity contribution in [3.63, 3.8) is 0 Å². The van der Waals surface area contributed by atoms with Crippen LogP contribution in [0.15, 0.2) is 48.0 Å². The predicted octanol–water partition coefficient (Wildman–Crippen LogP) is 2.37. The van der Waals surface area contributed by atoms with Gasteiger partial charge in [-0.25, -0.2) is 9.97 Å². The van der Waals surface area contributed by atoms with Crippen LogP contribution in [-0.4, -0.2) is 73.5 Å². The number of thiazole rings is 1. The molecule has 0 saturated carbocycles. The van der Waals surface area contributed by atoms with E-state index in [-0.39, 0.29) is 11.8 Å². The Morgan fingerprint density at radius 1 is 1.09 bits per heavy atom. The summed E-state index contributed by atoms with van der Waals surface area (Å²) in [6.45, 7) is 3.53. The number of aromatic nitrogens is 2. The molecule has 0 unspecified atom stereocenters. The quantitative estimate of drug-likeness (QED) is 0.492. The fourth-order valence-corrected chi connectivity index (χ4v) is 4.48. The molecule has 2 aromatic heterocycles. The van der Waals surface area contributed by atoms with Crippen LogP contribution in [0.2, 0.25) is 0 Å². The Kier molecular flexibility index (Phi) is 7.16. The third-order valence-electron chi connectivity index (χ3n) is 5.51. The van der Waals surface area contributed by atoms with Gasteiger partial charge in [-0.05, 0) is 24.3 Å². The fraction of sp³-hybridized carbons (Fsp3) is 0.304. The van der Waals surface area contributed by atoms with E-state index in [1.807, 2.05) is 43.4 Å². The van der Waals surface area contributed by atoms with Crippen LogP contribution in [0.1, 0.15) is 10.5 Å². The highest BCUT2D eigenvalue weighted by atomic mass is 32.1. The van der Waals surface area contributed by atoms with Crippen molar-refractivity contribution in [1.82, 2.24) is 20.2 Å². The summed E-state index contributed by atoms with van der Waals surface area (Å²) in [7, 11) is 3.46. The number of rotatable bonds is 7. The van der Waals surface area contributed by atoms with Crippen LogP contribution >= 0.6 is 11.3 Å². The maximum absolute atomic E-state index is 13.0. The minimum absolute atomic E-state index is 0.0210. The number of hydrogen-bond acceptors (Lipinski definition) is 8. The number of para-hydroxylation sites is 2. The summed E-state index contributed by atoms with van der Waals surface area (Å²) >= 11 is 1.42. The highest BCUT2D eigenvalue weighted by Crippen LogP contribution is 2.29. The number of amides is 2. The molecule has 0 atom stereocenters. The van der Waals surface area contributed by atoms with Gasteiger partial charge in [-0.15, -0.1) is 11.3 Å². The number of nitrogens with one attached hydrogen (secondary N) is 3. The van der Waals surface area contributed by atoms with E-state index >= 15 is 0 Å². The van der Waals surface area contributed by atoms with Gasteiger partial charge in [0.25, 0.3) is 5.91 Å². The van der Waals surface area contributed by atoms with Crippen LogP contribution in [0, 0.1) is 0 Å². The van der Waals surface area contributed by atoms with Crippen molar-refractivity contribution in [2.45, 2.75) is 0 Å². The van der Waals surface area contributed by atoms with Crippen molar-refractivity contribution in [2.24, 2.45) is 0 Å². The molecule has 0 radical (unpaired) electrons. The molecular weight excluding hydrogens is 438 g/mol. The molecule has 0 bridgehead atoms. The minimum atomic E-state index is -0.244. The molecule has 1 saturated heterocycles. The van der Waals surface area contributed by atoms with E-state index in [1.54, 1.807) is 18.6 Å². The van der Waals surface area contributed by atoms with E-state index in [4.69, 9.17) is 0 Å². The Bertz CT molecular complexity index is 1130. The molecule has 2 amide bonds. The number of anilines is 3. The number of benzene rings is 1. The molecule has 3 aromatic rings. The molecule has 9 nitrogen and oxygen atoms in total. The van der Waals surface area contributed by atoms with E-state index in [0.29, 0.717) is 12.2 Å². The van der Waals surface area contributed by atoms with E-state index in [0.717, 1.165) is 53.9 Å². The molecule has 172 valence electrons. The zero-order chi connectivity index (χ0) is 23.2. The lowest BCUT2D eigenvalue weighted by Crippen LogP contribution is -2.49. The van der Waals surface area contributed by atoms with Crippen LogP contribution in [0.25, 0.3) is 10.6 Å². The first-order chi connectivity index (χ1) is 16.1. The highest BCUT2D eigenvalue weighted by Gasteiger charge is 2.21. The molecule has 1 aromatic carbocycles. The first-order valence-electron chi connectivity index (χ1n) is 10.8. The van der Waals surface area contributed by atoms with Crippen LogP contribution in [0.5, 0.6) is 0 Å². The van der Waals surface area contributed by atoms with Gasteiger partial charge in [0.1, 0.15) is 16.5 Å². The van der Waals surface area contributed by atoms with Gasteiger partial charge in [-0.3, -0.25) is 14.5 Å². The van der Waals surface area contributed by atoms with Crippen LogP contribution in [0.3, 0.4) is 0 Å². The second-order valence-corrected chi connectivity index (χ2v) is 8.48. The van der Waals surface area contributed by atoms with Crippen molar-refractivity contribution >= 4 is 40.3 Å². The average molecular weight is 466 g/mol. The number of carbonyl (C=O) groups is 2. The lowest BCUT2D eigenvalue weighted by Gasteiger charge is -2.36. The first-order valence-corrected chi connectivity index (χ1v) is 11.6. The van der Waals surface area contributed by atoms with E-state index in [1.165, 1.54) is 11.3 Å². The Hall–Kier alpha value is -3.50. The molecular formula is C23H27N7O2S. The van der Waals surface area contributed by atoms with Gasteiger partial charge in [-0.2, -0.15) is 0 Å². The summed E-state index contributed by atoms with van der Waals surface area (Å²) in [5, 5.41) is 11.2. The summed E-state index contributed by atoms with van der Waals surface area (Å²) in [6, 6.07) is 11.6. The number of hydrogen-bond donors (Lipinski definition) is 3. The molecule has 3 heterocycles. The lowest BCUT2D eigenvalue weighted by atomic mass is 10.2. The summed E-state index contributed by atoms with van der Waals surface area (Å²) in [5.41, 5.74) is 3.00. The van der Waals surface area contributed by atoms with Gasteiger partial charge >= 0.3 is 0 Å². The Morgan fingerprint density at radius 3 is 2.64 bits per heavy atom. The fourth-order valence-electron chi connectivity index (χ4n) is 3.68. The second kappa shape index (κ2) is 10.4. The van der Waals surface area contributed by atoms with Gasteiger partial charge in [0.2, 0.25) is 5.91 Å². The summed E-state index contributed by atoms with van der Waals surface area (Å²) < 4.78 is 0. The van der Waals surface area contributed by atoms with E-state index < -0.39 is 0 Å². The maximum atomic E-state index is 13.0. The first kappa shape index (κ1) is 22.7. The molecule has 0 aliphatic carbocycles. The third-order valence-corrected chi connectivity index (χ3v) is 6.40. The standard InChI is InChI=1S/C23H27N7O2S/c1-24-20-13-16(7-8-26-20)23-28-18(15-33-23)22(32)27-17-5-3-4-6-19(17)30-11-9-29(10-12-30)14-21(31)25-2/h3-8,13,15H,9-12,14H2,1-2H3,(H,24,26)(H,25,31)(H,27,32). The molecule has 0 spiro atoms. The predicted molar refractivity (Wildman–Crippen MR) is 132 cm³/mol. The molecule has 1 aliphatic heterocycles. The van der Waals surface area contributed by atoms with E-state index in [9.17, 15) is 9.59 Å². The summed E-state index contributed by atoms with van der Waals surface area (Å²) in [4.78, 5) is 37.7. The molecule has 1 fully saturated rings. The smallest absolute Gasteiger partial charge is 0.275 e. The maximum Gasteiger partial charge on any atom is 0.275 e. The van der Waals surface area contributed by atoms with Crippen LogP contribution in [-0.2, 0) is 4.79 Å². The Labute approximate surface area is 196 Å². The Balaban J connectivity index is 1.44. The normalized spacial score (nSPS) is 14.1. The van der Waals surface area contributed by atoms with Crippen LogP contribution < -0.4 is 20.9 Å². The van der Waals surface area contributed by atoms with Crippen molar-refractivity contribution in [2.75, 3.05) is 62.4 Å². The molecule has 3 N–H and O–H groups in total. The van der Waals surface area contributed by atoms with Crippen molar-refractivity contribution in [3.05, 3.63) is 53.7 Å². The number of likely N-dealkylation sites (N-methyl/N-ethyl adjacent to an activating group) is 1. The highest BCUT2D eigenvalue weighted by molar-refractivity contribution is 7.13. The number of piperazine rings is 1. The minimum Gasteiger partial charge on any atom is -0.373 e. The summed E-state index contributed by atoms with van der Waals surface area (Å²) in [6.07, 6.45) is 1.72. The molecule has 1 aliphatic rings. The molecule has 10 heteroatoms. The van der Waals surface area contributed by atoms with Gasteiger partial charge in [0.15, 0.2) is 0 Å². The number of pyridine rings is 1. The zero-order valence-corrected chi connectivity index (χ0v) is 19.5. The molecule has 4 rings (SSSR count). The third kappa shape index (κ3) is 5.47. The lowest BCUT2D eigenvalue weighted by molar-refractivity contribution is -0.121. The number of nitrogens with zero attached hydrogens (tertiary/aromatic N) is 4. The SMILES string of the molecule is CNC(=O)CN1CCN(c2ccccc2NC(=O)c2csc(-c3ccnc(NC)c3)n2)CC1. The monoisotopic (exact) mass is 465 g/mol. The van der Waals surface area contributed by atoms with Crippen molar-refractivity contribution in [1.29, 1.82) is 0 Å². The van der Waals surface area contributed by atoms with Crippen molar-refractivity contribution in [3.8, 4) is 10.6 Å².